The largest absolute Gasteiger partial charge is 0.495 e. The van der Waals surface area contributed by atoms with Crippen molar-refractivity contribution in [3.63, 3.8) is 0 Å². The number of benzene rings is 1. The summed E-state index contributed by atoms with van der Waals surface area (Å²) in [6, 6.07) is 5.42. The second-order valence-electron chi connectivity index (χ2n) is 9.98. The molecule has 182 valence electrons. The smallest absolute Gasteiger partial charge is 0.246 e. The number of carbonyl (C=O) groups is 1. The molecular weight excluding hydrogens is 438 g/mol. The minimum Gasteiger partial charge on any atom is -0.495 e. The van der Waals surface area contributed by atoms with Crippen LogP contribution in [0.5, 0.6) is 5.75 Å². The maximum absolute atomic E-state index is 13.3. The van der Waals surface area contributed by atoms with Gasteiger partial charge in [0, 0.05) is 48.7 Å². The number of aromatic nitrogens is 1. The van der Waals surface area contributed by atoms with Crippen LogP contribution in [0.15, 0.2) is 23.1 Å². The van der Waals surface area contributed by atoms with Crippen molar-refractivity contribution in [2.24, 2.45) is 0 Å². The van der Waals surface area contributed by atoms with Crippen molar-refractivity contribution in [3.8, 4) is 5.75 Å². The lowest BCUT2D eigenvalue weighted by Crippen LogP contribution is -2.49. The Labute approximate surface area is 198 Å². The van der Waals surface area contributed by atoms with Gasteiger partial charge in [0.05, 0.1) is 13.7 Å². The van der Waals surface area contributed by atoms with E-state index in [4.69, 9.17) is 4.74 Å². The van der Waals surface area contributed by atoms with Crippen LogP contribution < -0.4 is 4.74 Å². The zero-order valence-corrected chi connectivity index (χ0v) is 22.0. The van der Waals surface area contributed by atoms with Crippen molar-refractivity contribution in [1.29, 1.82) is 0 Å². The van der Waals surface area contributed by atoms with Gasteiger partial charge in [0.25, 0.3) is 0 Å². The molecule has 1 aromatic carbocycles. The van der Waals surface area contributed by atoms with E-state index in [0.717, 1.165) is 28.1 Å². The van der Waals surface area contributed by atoms with E-state index in [2.05, 4.69) is 25.3 Å². The van der Waals surface area contributed by atoms with E-state index < -0.39 is 10.0 Å². The van der Waals surface area contributed by atoms with E-state index in [1.165, 1.54) is 11.4 Å². The summed E-state index contributed by atoms with van der Waals surface area (Å²) in [4.78, 5) is 15.3. The molecule has 8 heteroatoms. The van der Waals surface area contributed by atoms with Crippen LogP contribution in [0, 0.1) is 27.7 Å². The lowest BCUT2D eigenvalue weighted by atomic mass is 10.1. The van der Waals surface area contributed by atoms with Crippen LogP contribution in [-0.4, -0.2) is 67.8 Å². The highest BCUT2D eigenvalue weighted by atomic mass is 32.2. The van der Waals surface area contributed by atoms with Crippen molar-refractivity contribution in [1.82, 2.24) is 13.8 Å². The molecule has 1 fully saturated rings. The first-order chi connectivity index (χ1) is 15.3. The van der Waals surface area contributed by atoms with Crippen molar-refractivity contribution in [2.75, 3.05) is 39.8 Å². The second-order valence-corrected chi connectivity index (χ2v) is 11.9. The van der Waals surface area contributed by atoms with E-state index in [9.17, 15) is 13.2 Å². The van der Waals surface area contributed by atoms with Crippen molar-refractivity contribution in [3.05, 3.63) is 46.3 Å². The van der Waals surface area contributed by atoms with Crippen LogP contribution >= 0.6 is 0 Å². The second kappa shape index (κ2) is 9.24. The molecule has 2 aromatic rings. The van der Waals surface area contributed by atoms with Gasteiger partial charge in [-0.25, -0.2) is 8.42 Å². The van der Waals surface area contributed by atoms with Crippen LogP contribution in [-0.2, 0) is 15.6 Å². The summed E-state index contributed by atoms with van der Waals surface area (Å²) in [5, 5.41) is 0. The van der Waals surface area contributed by atoms with Gasteiger partial charge in [0.2, 0.25) is 10.0 Å². The quantitative estimate of drug-likeness (QED) is 0.596. The Morgan fingerprint density at radius 1 is 0.970 bits per heavy atom. The molecule has 0 saturated carbocycles. The number of sulfonamides is 1. The van der Waals surface area contributed by atoms with Crippen LogP contribution in [0.1, 0.15) is 53.6 Å². The average Bonchev–Trinajstić information content (AvgIpc) is 3.04. The summed E-state index contributed by atoms with van der Waals surface area (Å²) in [6.45, 7) is 16.2. The number of methoxy groups -OCH3 is 1. The van der Waals surface area contributed by atoms with Gasteiger partial charge in [-0.15, -0.1) is 0 Å². The molecule has 0 aliphatic carbocycles. The van der Waals surface area contributed by atoms with Gasteiger partial charge in [-0.05, 0) is 77.8 Å². The fraction of sp³-hybridized carbons (Fsp3) is 0.560. The molecule has 0 spiro atoms. The molecule has 0 radical (unpaired) electrons. The number of carbonyl (C=O) groups excluding carboxylic acids is 1. The predicted octanol–water partition coefficient (Wildman–Crippen LogP) is 3.67. The summed E-state index contributed by atoms with van der Waals surface area (Å²) in [5.41, 5.74) is 4.60. The first-order valence-corrected chi connectivity index (χ1v) is 12.8. The highest BCUT2D eigenvalue weighted by molar-refractivity contribution is 7.89. The van der Waals surface area contributed by atoms with Crippen molar-refractivity contribution < 1.29 is 17.9 Å². The minimum absolute atomic E-state index is 0.0748. The molecule has 3 rings (SSSR count). The summed E-state index contributed by atoms with van der Waals surface area (Å²) in [7, 11) is -2.19. The topological polar surface area (TPSA) is 71.9 Å². The Hall–Kier alpha value is -2.16. The molecule has 0 bridgehead atoms. The molecule has 1 aliphatic rings. The maximum Gasteiger partial charge on any atom is 0.246 e. The molecular formula is C25H37N3O4S. The lowest BCUT2D eigenvalue weighted by molar-refractivity contribution is 0.0901. The number of nitrogens with zero attached hydrogens (tertiary/aromatic N) is 3. The lowest BCUT2D eigenvalue weighted by Gasteiger charge is -2.34. The molecule has 0 unspecified atom stereocenters. The Bertz CT molecular complexity index is 1150. The Morgan fingerprint density at radius 3 is 2.06 bits per heavy atom. The number of ether oxygens (including phenoxy) is 1. The Balaban J connectivity index is 1.71. The molecule has 33 heavy (non-hydrogen) atoms. The fourth-order valence-electron chi connectivity index (χ4n) is 4.76. The standard InChI is InChI=1S/C25H37N3O4S/c1-17-13-23(32-8)24(14-18(17)2)33(30,31)27-11-9-26(10-12-27)16-22(29)21-15-19(3)28(20(21)4)25(5,6)7/h13-15H,9-12,16H2,1-8H3. The molecule has 0 atom stereocenters. The SMILES string of the molecule is COc1cc(C)c(C)cc1S(=O)(=O)N1CCN(CC(=O)c2cc(C)n(C(C)(C)C)c2C)CC1. The zero-order chi connectivity index (χ0) is 24.7. The number of Topliss-reactive ketones (excluding diaryl/α,β-unsaturated/α-hetero) is 1. The highest BCUT2D eigenvalue weighted by Gasteiger charge is 2.32. The van der Waals surface area contributed by atoms with Crippen LogP contribution in [0.3, 0.4) is 0 Å². The number of hydrogen-bond donors (Lipinski definition) is 0. The Morgan fingerprint density at radius 2 is 1.55 bits per heavy atom. The van der Waals surface area contributed by atoms with Crippen molar-refractivity contribution in [2.45, 2.75) is 58.9 Å². The minimum atomic E-state index is -3.68. The zero-order valence-electron chi connectivity index (χ0n) is 21.2. The van der Waals surface area contributed by atoms with Gasteiger partial charge >= 0.3 is 0 Å². The number of rotatable bonds is 6. The summed E-state index contributed by atoms with van der Waals surface area (Å²) >= 11 is 0. The third kappa shape index (κ3) is 5.03. The summed E-state index contributed by atoms with van der Waals surface area (Å²) in [6.07, 6.45) is 0. The van der Waals surface area contributed by atoms with Gasteiger partial charge in [-0.1, -0.05) is 0 Å². The van der Waals surface area contributed by atoms with Crippen molar-refractivity contribution >= 4 is 15.8 Å². The molecule has 7 nitrogen and oxygen atoms in total. The normalized spacial score (nSPS) is 16.2. The first kappa shape index (κ1) is 25.5. The number of aryl methyl sites for hydroxylation is 3. The summed E-state index contributed by atoms with van der Waals surface area (Å²) < 4.78 is 35.7. The number of hydrogen-bond acceptors (Lipinski definition) is 5. The van der Waals surface area contributed by atoms with E-state index in [0.29, 0.717) is 31.9 Å². The van der Waals surface area contributed by atoms with E-state index in [-0.39, 0.29) is 22.8 Å². The van der Waals surface area contributed by atoms with E-state index >= 15 is 0 Å². The fourth-order valence-corrected chi connectivity index (χ4v) is 6.40. The first-order valence-electron chi connectivity index (χ1n) is 11.4. The maximum atomic E-state index is 13.3. The Kier molecular flexibility index (Phi) is 7.13. The van der Waals surface area contributed by atoms with Gasteiger partial charge in [0.15, 0.2) is 5.78 Å². The predicted molar refractivity (Wildman–Crippen MR) is 131 cm³/mol. The molecule has 2 heterocycles. The number of piperazine rings is 1. The molecule has 1 aliphatic heterocycles. The van der Waals surface area contributed by atoms with Gasteiger partial charge in [0.1, 0.15) is 10.6 Å². The average molecular weight is 476 g/mol. The van der Waals surface area contributed by atoms with E-state index in [1.54, 1.807) is 12.1 Å². The number of ketones is 1. The van der Waals surface area contributed by atoms with Gasteiger partial charge < -0.3 is 9.30 Å². The monoisotopic (exact) mass is 475 g/mol. The van der Waals surface area contributed by atoms with Crippen LogP contribution in [0.4, 0.5) is 0 Å². The van der Waals surface area contributed by atoms with Gasteiger partial charge in [-0.3, -0.25) is 9.69 Å². The van der Waals surface area contributed by atoms with Gasteiger partial charge in [-0.2, -0.15) is 4.31 Å². The third-order valence-corrected chi connectivity index (χ3v) is 8.42. The van der Waals surface area contributed by atoms with Crippen LogP contribution in [0.25, 0.3) is 0 Å². The highest BCUT2D eigenvalue weighted by Crippen LogP contribution is 2.30. The third-order valence-electron chi connectivity index (χ3n) is 6.50. The molecule has 1 saturated heterocycles. The molecule has 0 amide bonds. The molecule has 1 aromatic heterocycles. The van der Waals surface area contributed by atoms with E-state index in [1.807, 2.05) is 38.7 Å². The van der Waals surface area contributed by atoms with Crippen LogP contribution in [0.2, 0.25) is 0 Å². The summed E-state index contributed by atoms with van der Waals surface area (Å²) in [5.74, 6) is 0.440. The molecule has 0 N–H and O–H groups in total.